The highest BCUT2D eigenvalue weighted by Crippen LogP contribution is 2.25. The summed E-state index contributed by atoms with van der Waals surface area (Å²) >= 11 is 0. The average molecular weight is 287 g/mol. The molecule has 2 N–H and O–H groups in total. The van der Waals surface area contributed by atoms with Crippen molar-refractivity contribution in [1.29, 1.82) is 0 Å². The summed E-state index contributed by atoms with van der Waals surface area (Å²) in [4.78, 5) is 4.84. The molecule has 1 aromatic carbocycles. The van der Waals surface area contributed by atoms with Crippen LogP contribution in [0.2, 0.25) is 0 Å². The molecule has 0 aliphatic rings. The zero-order chi connectivity index (χ0) is 15.4. The molecule has 116 valence electrons. The Hall–Kier alpha value is -1.35. The van der Waals surface area contributed by atoms with Gasteiger partial charge in [0, 0.05) is 6.54 Å². The standard InChI is InChI=1S/C18H29N3/c1-5-6-7-10-21-17-9-8-14(4)12-16(17)20-18(21)15(19)11-13(2)3/h8-9,12-13,15H,5-7,10-11,19H2,1-4H3. The highest BCUT2D eigenvalue weighted by Gasteiger charge is 2.17. The number of rotatable bonds is 7. The fourth-order valence-corrected chi connectivity index (χ4v) is 2.91. The Morgan fingerprint density at radius 1 is 1.24 bits per heavy atom. The highest BCUT2D eigenvalue weighted by atomic mass is 15.1. The van der Waals surface area contributed by atoms with Crippen molar-refractivity contribution >= 4 is 11.0 Å². The van der Waals surface area contributed by atoms with Gasteiger partial charge in [0.25, 0.3) is 0 Å². The van der Waals surface area contributed by atoms with Crippen LogP contribution in [0.4, 0.5) is 0 Å². The van der Waals surface area contributed by atoms with Crippen LogP contribution in [0.15, 0.2) is 18.2 Å². The molecule has 0 spiro atoms. The first kappa shape index (κ1) is 16.0. The number of benzene rings is 1. The fourth-order valence-electron chi connectivity index (χ4n) is 2.91. The number of hydrogen-bond acceptors (Lipinski definition) is 2. The highest BCUT2D eigenvalue weighted by molar-refractivity contribution is 5.77. The zero-order valence-corrected chi connectivity index (χ0v) is 13.9. The molecular formula is C18H29N3. The first-order chi connectivity index (χ1) is 10.0. The van der Waals surface area contributed by atoms with Gasteiger partial charge in [-0.1, -0.05) is 39.7 Å². The lowest BCUT2D eigenvalue weighted by molar-refractivity contribution is 0.470. The van der Waals surface area contributed by atoms with Crippen molar-refractivity contribution in [3.05, 3.63) is 29.6 Å². The third kappa shape index (κ3) is 3.85. The zero-order valence-electron chi connectivity index (χ0n) is 13.9. The maximum atomic E-state index is 6.42. The van der Waals surface area contributed by atoms with Gasteiger partial charge in [0.1, 0.15) is 5.82 Å². The van der Waals surface area contributed by atoms with Gasteiger partial charge in [0.05, 0.1) is 17.1 Å². The molecule has 1 unspecified atom stereocenters. The summed E-state index contributed by atoms with van der Waals surface area (Å²) in [6.45, 7) is 9.81. The minimum atomic E-state index is 0.0272. The van der Waals surface area contributed by atoms with E-state index >= 15 is 0 Å². The fraction of sp³-hybridized carbons (Fsp3) is 0.611. The van der Waals surface area contributed by atoms with Crippen LogP contribution in [0.25, 0.3) is 11.0 Å². The summed E-state index contributed by atoms with van der Waals surface area (Å²) in [5, 5.41) is 0. The maximum Gasteiger partial charge on any atom is 0.126 e. The van der Waals surface area contributed by atoms with Gasteiger partial charge in [-0.2, -0.15) is 0 Å². The lowest BCUT2D eigenvalue weighted by Crippen LogP contribution is -2.18. The number of aromatic nitrogens is 2. The van der Waals surface area contributed by atoms with Crippen molar-refractivity contribution in [3.8, 4) is 0 Å². The number of aryl methyl sites for hydroxylation is 2. The molecular weight excluding hydrogens is 258 g/mol. The molecule has 0 saturated heterocycles. The smallest absolute Gasteiger partial charge is 0.126 e. The number of imidazole rings is 1. The van der Waals surface area contributed by atoms with E-state index in [0.29, 0.717) is 5.92 Å². The van der Waals surface area contributed by atoms with Gasteiger partial charge in [-0.05, 0) is 43.4 Å². The molecule has 0 saturated carbocycles. The Balaban J connectivity index is 2.38. The monoisotopic (exact) mass is 287 g/mol. The van der Waals surface area contributed by atoms with Crippen molar-refractivity contribution in [2.75, 3.05) is 0 Å². The van der Waals surface area contributed by atoms with E-state index in [1.165, 1.54) is 30.3 Å². The largest absolute Gasteiger partial charge is 0.327 e. The van der Waals surface area contributed by atoms with E-state index in [4.69, 9.17) is 10.7 Å². The second kappa shape index (κ2) is 7.08. The Bertz CT molecular complexity index is 583. The van der Waals surface area contributed by atoms with E-state index in [-0.39, 0.29) is 6.04 Å². The van der Waals surface area contributed by atoms with Gasteiger partial charge < -0.3 is 10.3 Å². The van der Waals surface area contributed by atoms with Gasteiger partial charge in [-0.3, -0.25) is 0 Å². The van der Waals surface area contributed by atoms with E-state index in [1.54, 1.807) is 0 Å². The minimum absolute atomic E-state index is 0.0272. The molecule has 3 nitrogen and oxygen atoms in total. The number of unbranched alkanes of at least 4 members (excludes halogenated alkanes) is 2. The molecule has 1 atom stereocenters. The van der Waals surface area contributed by atoms with Gasteiger partial charge >= 0.3 is 0 Å². The van der Waals surface area contributed by atoms with Crippen molar-refractivity contribution in [2.24, 2.45) is 11.7 Å². The number of nitrogens with two attached hydrogens (primary N) is 1. The Labute approximate surface area is 128 Å². The van der Waals surface area contributed by atoms with Crippen LogP contribution in [0.3, 0.4) is 0 Å². The van der Waals surface area contributed by atoms with E-state index < -0.39 is 0 Å². The van der Waals surface area contributed by atoms with Crippen molar-refractivity contribution in [2.45, 2.75) is 66.0 Å². The summed E-state index contributed by atoms with van der Waals surface area (Å²) in [5.74, 6) is 1.64. The minimum Gasteiger partial charge on any atom is -0.327 e. The Morgan fingerprint density at radius 3 is 2.67 bits per heavy atom. The van der Waals surface area contributed by atoms with Crippen LogP contribution in [0, 0.1) is 12.8 Å². The second-order valence-corrected chi connectivity index (χ2v) is 6.56. The molecule has 0 radical (unpaired) electrons. The van der Waals surface area contributed by atoms with Gasteiger partial charge in [-0.15, -0.1) is 0 Å². The van der Waals surface area contributed by atoms with Crippen LogP contribution < -0.4 is 5.73 Å². The Kier molecular flexibility index (Phi) is 5.40. The maximum absolute atomic E-state index is 6.42. The number of nitrogens with zero attached hydrogens (tertiary/aromatic N) is 2. The molecule has 0 aliphatic carbocycles. The third-order valence-electron chi connectivity index (χ3n) is 3.98. The molecule has 2 rings (SSSR count). The lowest BCUT2D eigenvalue weighted by atomic mass is 10.0. The predicted octanol–water partition coefficient (Wildman–Crippen LogP) is 4.58. The van der Waals surface area contributed by atoms with Crippen LogP contribution in [0.1, 0.15) is 63.9 Å². The first-order valence-electron chi connectivity index (χ1n) is 8.25. The lowest BCUT2D eigenvalue weighted by Gasteiger charge is -2.16. The summed E-state index contributed by atoms with van der Waals surface area (Å²) in [5.41, 5.74) is 9.99. The van der Waals surface area contributed by atoms with Crippen LogP contribution >= 0.6 is 0 Å². The SMILES string of the molecule is CCCCCn1c(C(N)CC(C)C)nc2cc(C)ccc21. The van der Waals surface area contributed by atoms with Crippen molar-refractivity contribution in [3.63, 3.8) is 0 Å². The molecule has 0 aliphatic heterocycles. The normalized spacial score (nSPS) is 13.2. The van der Waals surface area contributed by atoms with Crippen molar-refractivity contribution < 1.29 is 0 Å². The van der Waals surface area contributed by atoms with E-state index in [2.05, 4.69) is 50.5 Å². The van der Waals surface area contributed by atoms with Crippen molar-refractivity contribution in [1.82, 2.24) is 9.55 Å². The van der Waals surface area contributed by atoms with Crippen LogP contribution in [-0.4, -0.2) is 9.55 Å². The molecule has 0 amide bonds. The first-order valence-corrected chi connectivity index (χ1v) is 8.25. The molecule has 0 fully saturated rings. The molecule has 2 aromatic rings. The number of fused-ring (bicyclic) bond motifs is 1. The van der Waals surface area contributed by atoms with E-state index in [1.807, 2.05) is 0 Å². The van der Waals surface area contributed by atoms with Crippen LogP contribution in [-0.2, 0) is 6.54 Å². The van der Waals surface area contributed by atoms with Gasteiger partial charge in [-0.25, -0.2) is 4.98 Å². The summed E-state index contributed by atoms with van der Waals surface area (Å²) in [6, 6.07) is 6.55. The topological polar surface area (TPSA) is 43.8 Å². The molecule has 1 heterocycles. The average Bonchev–Trinajstić information content (AvgIpc) is 2.76. The van der Waals surface area contributed by atoms with E-state index in [9.17, 15) is 0 Å². The molecule has 21 heavy (non-hydrogen) atoms. The quantitative estimate of drug-likeness (QED) is 0.757. The third-order valence-corrected chi connectivity index (χ3v) is 3.98. The molecule has 1 aromatic heterocycles. The van der Waals surface area contributed by atoms with Gasteiger partial charge in [0.15, 0.2) is 0 Å². The van der Waals surface area contributed by atoms with Gasteiger partial charge in [0.2, 0.25) is 0 Å². The summed E-state index contributed by atoms with van der Waals surface area (Å²) < 4.78 is 2.34. The molecule has 3 heteroatoms. The number of hydrogen-bond donors (Lipinski definition) is 1. The van der Waals surface area contributed by atoms with E-state index in [0.717, 1.165) is 24.3 Å². The Morgan fingerprint density at radius 2 is 2.00 bits per heavy atom. The molecule has 0 bridgehead atoms. The summed E-state index contributed by atoms with van der Waals surface area (Å²) in [6.07, 6.45) is 4.66. The van der Waals surface area contributed by atoms with Crippen LogP contribution in [0.5, 0.6) is 0 Å². The second-order valence-electron chi connectivity index (χ2n) is 6.56. The predicted molar refractivity (Wildman–Crippen MR) is 90.4 cm³/mol. The summed E-state index contributed by atoms with van der Waals surface area (Å²) in [7, 11) is 0.